The van der Waals surface area contributed by atoms with E-state index in [-0.39, 0.29) is 0 Å². The average molecular weight is 366 g/mol. The molecule has 2 fully saturated rings. The Labute approximate surface area is 163 Å². The first-order valence-corrected chi connectivity index (χ1v) is 10.4. The number of hydrogen-bond donors (Lipinski definition) is 0. The number of benzene rings is 1. The molecule has 0 aliphatic carbocycles. The molecule has 2 aromatic rings. The van der Waals surface area contributed by atoms with Crippen molar-refractivity contribution in [3.05, 3.63) is 53.9 Å². The molecule has 4 rings (SSSR count). The van der Waals surface area contributed by atoms with Crippen LogP contribution in [0.2, 0.25) is 0 Å². The first kappa shape index (κ1) is 18.4. The molecule has 1 aromatic carbocycles. The third-order valence-corrected chi connectivity index (χ3v) is 5.77. The maximum absolute atomic E-state index is 4.37. The second kappa shape index (κ2) is 9.29. The van der Waals surface area contributed by atoms with Crippen molar-refractivity contribution in [3.8, 4) is 0 Å². The molecular formula is C22H31N5. The quantitative estimate of drug-likeness (QED) is 0.787. The van der Waals surface area contributed by atoms with Crippen molar-refractivity contribution in [3.63, 3.8) is 0 Å². The van der Waals surface area contributed by atoms with E-state index >= 15 is 0 Å². The number of likely N-dealkylation sites (tertiary alicyclic amines) is 1. The van der Waals surface area contributed by atoms with Crippen molar-refractivity contribution < 1.29 is 0 Å². The van der Waals surface area contributed by atoms with Gasteiger partial charge in [0.15, 0.2) is 0 Å². The molecule has 5 heteroatoms. The van der Waals surface area contributed by atoms with Crippen molar-refractivity contribution in [2.24, 2.45) is 0 Å². The predicted octanol–water partition coefficient (Wildman–Crippen LogP) is 2.83. The van der Waals surface area contributed by atoms with E-state index in [4.69, 9.17) is 0 Å². The molecule has 3 heterocycles. The number of nitrogens with zero attached hydrogens (tertiary/aromatic N) is 5. The molecule has 0 amide bonds. The number of hydrogen-bond acceptors (Lipinski definition) is 5. The summed E-state index contributed by atoms with van der Waals surface area (Å²) in [6, 6.07) is 11.1. The van der Waals surface area contributed by atoms with Crippen molar-refractivity contribution >= 4 is 5.95 Å². The Bertz CT molecular complexity index is 691. The fourth-order valence-electron chi connectivity index (χ4n) is 4.17. The molecular weight excluding hydrogens is 334 g/mol. The van der Waals surface area contributed by atoms with Gasteiger partial charge >= 0.3 is 0 Å². The average Bonchev–Trinajstić information content (AvgIpc) is 2.75. The van der Waals surface area contributed by atoms with Crippen LogP contribution in [0.25, 0.3) is 0 Å². The smallest absolute Gasteiger partial charge is 0.225 e. The van der Waals surface area contributed by atoms with Gasteiger partial charge in [0.1, 0.15) is 0 Å². The van der Waals surface area contributed by atoms with Gasteiger partial charge in [0.2, 0.25) is 5.95 Å². The summed E-state index contributed by atoms with van der Waals surface area (Å²) in [5.74, 6) is 0.858. The zero-order valence-electron chi connectivity index (χ0n) is 16.3. The lowest BCUT2D eigenvalue weighted by Crippen LogP contribution is -2.46. The van der Waals surface area contributed by atoms with Gasteiger partial charge in [-0.2, -0.15) is 0 Å². The predicted molar refractivity (Wildman–Crippen MR) is 110 cm³/mol. The summed E-state index contributed by atoms with van der Waals surface area (Å²) in [4.78, 5) is 16.2. The van der Waals surface area contributed by atoms with Gasteiger partial charge in [-0.1, -0.05) is 30.7 Å². The SMILES string of the molecule is c1cnc(N2CCN(Cc3cccc(CCN4CCCCC4)c3)CC2)nc1. The molecule has 0 bridgehead atoms. The van der Waals surface area contributed by atoms with E-state index in [2.05, 4.69) is 48.9 Å². The number of piperidine rings is 1. The molecule has 0 radical (unpaired) electrons. The number of rotatable bonds is 6. The van der Waals surface area contributed by atoms with Crippen LogP contribution in [0, 0.1) is 0 Å². The van der Waals surface area contributed by atoms with Gasteiger partial charge in [-0.25, -0.2) is 9.97 Å². The van der Waals surface area contributed by atoms with Crippen LogP contribution in [-0.2, 0) is 13.0 Å². The van der Waals surface area contributed by atoms with Crippen molar-refractivity contribution in [2.45, 2.75) is 32.2 Å². The highest BCUT2D eigenvalue weighted by Crippen LogP contribution is 2.15. The molecule has 0 saturated carbocycles. The van der Waals surface area contributed by atoms with Gasteiger partial charge in [0.05, 0.1) is 0 Å². The van der Waals surface area contributed by atoms with Crippen molar-refractivity contribution in [1.29, 1.82) is 0 Å². The summed E-state index contributed by atoms with van der Waals surface area (Å²) in [5.41, 5.74) is 2.92. The van der Waals surface area contributed by atoms with Gasteiger partial charge in [-0.3, -0.25) is 4.90 Å². The van der Waals surface area contributed by atoms with Gasteiger partial charge in [-0.15, -0.1) is 0 Å². The van der Waals surface area contributed by atoms with Gasteiger partial charge < -0.3 is 9.80 Å². The number of aromatic nitrogens is 2. The van der Waals surface area contributed by atoms with Crippen molar-refractivity contribution in [1.82, 2.24) is 19.8 Å². The maximum Gasteiger partial charge on any atom is 0.225 e. The third-order valence-electron chi connectivity index (χ3n) is 5.77. The first-order valence-electron chi connectivity index (χ1n) is 10.4. The topological polar surface area (TPSA) is 35.5 Å². The van der Waals surface area contributed by atoms with Crippen LogP contribution in [0.3, 0.4) is 0 Å². The minimum Gasteiger partial charge on any atom is -0.338 e. The summed E-state index contributed by atoms with van der Waals surface area (Å²) in [7, 11) is 0. The van der Waals surface area contributed by atoms with E-state index in [9.17, 15) is 0 Å². The fourth-order valence-corrected chi connectivity index (χ4v) is 4.17. The maximum atomic E-state index is 4.37. The van der Waals surface area contributed by atoms with Crippen molar-refractivity contribution in [2.75, 3.05) is 50.7 Å². The highest BCUT2D eigenvalue weighted by Gasteiger charge is 2.18. The highest BCUT2D eigenvalue weighted by molar-refractivity contribution is 5.29. The van der Waals surface area contributed by atoms with Gasteiger partial charge in [-0.05, 0) is 49.5 Å². The Kier molecular flexibility index (Phi) is 6.32. The molecule has 5 nitrogen and oxygen atoms in total. The van der Waals surface area contributed by atoms with Crippen LogP contribution in [-0.4, -0.2) is 65.6 Å². The fraction of sp³-hybridized carbons (Fsp3) is 0.545. The van der Waals surface area contributed by atoms with E-state index in [1.807, 2.05) is 18.5 Å². The van der Waals surface area contributed by atoms with Crippen LogP contribution in [0.1, 0.15) is 30.4 Å². The first-order chi connectivity index (χ1) is 13.4. The molecule has 144 valence electrons. The highest BCUT2D eigenvalue weighted by atomic mass is 15.3. The third kappa shape index (κ3) is 5.27. The molecule has 2 aliphatic heterocycles. The Morgan fingerprint density at radius 3 is 2.26 bits per heavy atom. The molecule has 1 aromatic heterocycles. The van der Waals surface area contributed by atoms with E-state index in [0.717, 1.165) is 38.7 Å². The monoisotopic (exact) mass is 365 g/mol. The van der Waals surface area contributed by atoms with E-state index in [1.54, 1.807) is 0 Å². The minimum atomic E-state index is 0.858. The standard InChI is InChI=1S/C22H31N5/c1-2-11-25(12-3-1)13-8-20-6-4-7-21(18-20)19-26-14-16-27(17-15-26)22-23-9-5-10-24-22/h4-7,9-10,18H,1-3,8,11-17,19H2. The van der Waals surface area contributed by atoms with E-state index < -0.39 is 0 Å². The van der Waals surface area contributed by atoms with Crippen LogP contribution in [0.15, 0.2) is 42.7 Å². The van der Waals surface area contributed by atoms with E-state index in [1.165, 1.54) is 56.4 Å². The van der Waals surface area contributed by atoms with E-state index in [0.29, 0.717) is 0 Å². The summed E-state index contributed by atoms with van der Waals surface area (Å²) in [6.07, 6.45) is 8.98. The second-order valence-corrected chi connectivity index (χ2v) is 7.78. The zero-order chi connectivity index (χ0) is 18.3. The molecule has 0 atom stereocenters. The lowest BCUT2D eigenvalue weighted by Gasteiger charge is -2.34. The van der Waals surface area contributed by atoms with Crippen LogP contribution < -0.4 is 4.90 Å². The lowest BCUT2D eigenvalue weighted by atomic mass is 10.1. The Morgan fingerprint density at radius 2 is 1.48 bits per heavy atom. The molecule has 0 spiro atoms. The Hall–Kier alpha value is -1.98. The zero-order valence-corrected chi connectivity index (χ0v) is 16.3. The van der Waals surface area contributed by atoms with Crippen LogP contribution in [0.5, 0.6) is 0 Å². The molecule has 0 unspecified atom stereocenters. The summed E-state index contributed by atoms with van der Waals surface area (Å²) in [5, 5.41) is 0. The molecule has 27 heavy (non-hydrogen) atoms. The summed E-state index contributed by atoms with van der Waals surface area (Å²) >= 11 is 0. The Balaban J connectivity index is 1.26. The van der Waals surface area contributed by atoms with Crippen LogP contribution >= 0.6 is 0 Å². The Morgan fingerprint density at radius 1 is 0.741 bits per heavy atom. The second-order valence-electron chi connectivity index (χ2n) is 7.78. The minimum absolute atomic E-state index is 0.858. The van der Waals surface area contributed by atoms with Gasteiger partial charge in [0.25, 0.3) is 0 Å². The van der Waals surface area contributed by atoms with Crippen LogP contribution in [0.4, 0.5) is 5.95 Å². The summed E-state index contributed by atoms with van der Waals surface area (Å²) < 4.78 is 0. The number of piperazine rings is 1. The molecule has 2 aliphatic rings. The lowest BCUT2D eigenvalue weighted by molar-refractivity contribution is 0.231. The largest absolute Gasteiger partial charge is 0.338 e. The normalized spacial score (nSPS) is 19.3. The molecule has 2 saturated heterocycles. The van der Waals surface area contributed by atoms with Gasteiger partial charge in [0, 0.05) is 51.7 Å². The number of anilines is 1. The summed E-state index contributed by atoms with van der Waals surface area (Å²) in [6.45, 7) is 8.95. The molecule has 0 N–H and O–H groups in total.